The SMILES string of the molecule is CC1NCc2[nH]n(C3CCSCC3)c(=O)c21. The summed E-state index contributed by atoms with van der Waals surface area (Å²) in [6.07, 6.45) is 2.23. The minimum absolute atomic E-state index is 0.199. The van der Waals surface area contributed by atoms with E-state index in [-0.39, 0.29) is 11.6 Å². The fourth-order valence-electron chi connectivity index (χ4n) is 2.65. The summed E-state index contributed by atoms with van der Waals surface area (Å²) in [6.45, 7) is 2.86. The van der Waals surface area contributed by atoms with Crippen LogP contribution in [0, 0.1) is 0 Å². The molecule has 2 aliphatic rings. The third-order valence-corrected chi connectivity index (χ3v) is 4.65. The van der Waals surface area contributed by atoms with E-state index in [9.17, 15) is 4.79 Å². The maximum Gasteiger partial charge on any atom is 0.271 e. The van der Waals surface area contributed by atoms with Crippen LogP contribution in [0.4, 0.5) is 0 Å². The minimum Gasteiger partial charge on any atom is -0.304 e. The van der Waals surface area contributed by atoms with Gasteiger partial charge in [-0.3, -0.25) is 9.89 Å². The Hall–Kier alpha value is -0.680. The van der Waals surface area contributed by atoms with E-state index in [4.69, 9.17) is 0 Å². The lowest BCUT2D eigenvalue weighted by Gasteiger charge is -2.22. The molecule has 0 aromatic carbocycles. The number of hydrogen-bond donors (Lipinski definition) is 2. The Labute approximate surface area is 98.8 Å². The molecule has 3 heterocycles. The highest BCUT2D eigenvalue weighted by atomic mass is 32.2. The molecule has 88 valence electrons. The zero-order valence-corrected chi connectivity index (χ0v) is 10.3. The van der Waals surface area contributed by atoms with Gasteiger partial charge in [0.1, 0.15) is 0 Å². The molecule has 0 aliphatic carbocycles. The van der Waals surface area contributed by atoms with E-state index >= 15 is 0 Å². The van der Waals surface area contributed by atoms with E-state index in [1.54, 1.807) is 0 Å². The third kappa shape index (κ3) is 1.53. The summed E-state index contributed by atoms with van der Waals surface area (Å²) < 4.78 is 1.88. The van der Waals surface area contributed by atoms with Crippen LogP contribution in [0.1, 0.15) is 43.1 Å². The number of nitrogens with one attached hydrogen (secondary N) is 2. The standard InChI is InChI=1S/C11H17N3OS/c1-7-10-9(6-12-7)13-14(11(10)15)8-2-4-16-5-3-8/h7-8,12-13H,2-6H2,1H3. The van der Waals surface area contributed by atoms with E-state index in [2.05, 4.69) is 17.3 Å². The summed E-state index contributed by atoms with van der Waals surface area (Å²) in [6, 6.07) is 0.601. The molecule has 3 rings (SSSR count). The number of aromatic nitrogens is 2. The van der Waals surface area contributed by atoms with E-state index < -0.39 is 0 Å². The Kier molecular flexibility index (Phi) is 2.59. The fraction of sp³-hybridized carbons (Fsp3) is 0.727. The van der Waals surface area contributed by atoms with Crippen molar-refractivity contribution >= 4 is 11.8 Å². The highest BCUT2D eigenvalue weighted by Crippen LogP contribution is 2.27. The average Bonchev–Trinajstić information content (AvgIpc) is 2.83. The summed E-state index contributed by atoms with van der Waals surface area (Å²) in [4.78, 5) is 12.3. The first-order valence-electron chi connectivity index (χ1n) is 5.92. The second kappa shape index (κ2) is 3.96. The molecule has 0 spiro atoms. The maximum absolute atomic E-state index is 12.3. The highest BCUT2D eigenvalue weighted by molar-refractivity contribution is 7.99. The Morgan fingerprint density at radius 2 is 2.12 bits per heavy atom. The summed E-state index contributed by atoms with van der Waals surface area (Å²) in [5.41, 5.74) is 2.25. The van der Waals surface area contributed by atoms with Crippen molar-refractivity contribution < 1.29 is 0 Å². The van der Waals surface area contributed by atoms with Gasteiger partial charge in [-0.1, -0.05) is 0 Å². The maximum atomic E-state index is 12.3. The van der Waals surface area contributed by atoms with Gasteiger partial charge >= 0.3 is 0 Å². The lowest BCUT2D eigenvalue weighted by atomic mass is 10.1. The van der Waals surface area contributed by atoms with Gasteiger partial charge in [-0.25, -0.2) is 4.68 Å². The summed E-state index contributed by atoms with van der Waals surface area (Å²) >= 11 is 1.99. The van der Waals surface area contributed by atoms with E-state index in [1.165, 1.54) is 11.5 Å². The van der Waals surface area contributed by atoms with Crippen molar-refractivity contribution in [3.8, 4) is 0 Å². The van der Waals surface area contributed by atoms with Crippen LogP contribution in [-0.2, 0) is 6.54 Å². The Bertz CT molecular complexity index is 445. The second-order valence-electron chi connectivity index (χ2n) is 4.63. The Morgan fingerprint density at radius 1 is 1.38 bits per heavy atom. The number of rotatable bonds is 1. The normalized spacial score (nSPS) is 25.9. The molecular formula is C11H17N3OS. The van der Waals surface area contributed by atoms with Gasteiger partial charge in [-0.15, -0.1) is 0 Å². The molecule has 1 aromatic rings. The molecule has 16 heavy (non-hydrogen) atoms. The zero-order valence-electron chi connectivity index (χ0n) is 9.45. The molecule has 1 atom stereocenters. The van der Waals surface area contributed by atoms with Crippen LogP contribution in [0.5, 0.6) is 0 Å². The van der Waals surface area contributed by atoms with Crippen molar-refractivity contribution in [1.82, 2.24) is 15.1 Å². The van der Waals surface area contributed by atoms with Crippen LogP contribution in [0.25, 0.3) is 0 Å². The topological polar surface area (TPSA) is 49.8 Å². The predicted molar refractivity (Wildman–Crippen MR) is 65.9 cm³/mol. The van der Waals surface area contributed by atoms with Crippen molar-refractivity contribution in [2.24, 2.45) is 0 Å². The average molecular weight is 239 g/mol. The number of hydrogen-bond acceptors (Lipinski definition) is 3. The molecule has 5 heteroatoms. The van der Waals surface area contributed by atoms with Gasteiger partial charge in [-0.05, 0) is 31.3 Å². The molecule has 0 radical (unpaired) electrons. The largest absolute Gasteiger partial charge is 0.304 e. The van der Waals surface area contributed by atoms with Gasteiger partial charge in [0.25, 0.3) is 5.56 Å². The molecular weight excluding hydrogens is 222 g/mol. The van der Waals surface area contributed by atoms with Gasteiger partial charge in [0.05, 0.1) is 17.3 Å². The quantitative estimate of drug-likeness (QED) is 0.779. The van der Waals surface area contributed by atoms with Crippen LogP contribution in [0.15, 0.2) is 4.79 Å². The lowest BCUT2D eigenvalue weighted by Crippen LogP contribution is -2.28. The first kappa shape index (κ1) is 10.5. The van der Waals surface area contributed by atoms with E-state index in [1.807, 2.05) is 16.4 Å². The second-order valence-corrected chi connectivity index (χ2v) is 5.85. The number of H-pyrrole nitrogens is 1. The van der Waals surface area contributed by atoms with Gasteiger partial charge in [0.2, 0.25) is 0 Å². The number of thioether (sulfide) groups is 1. The number of fused-ring (bicyclic) bond motifs is 1. The first-order chi connectivity index (χ1) is 7.77. The van der Waals surface area contributed by atoms with Crippen LogP contribution in [0.2, 0.25) is 0 Å². The van der Waals surface area contributed by atoms with Gasteiger partial charge in [-0.2, -0.15) is 11.8 Å². The van der Waals surface area contributed by atoms with Crippen LogP contribution in [-0.4, -0.2) is 21.3 Å². The molecule has 4 nitrogen and oxygen atoms in total. The van der Waals surface area contributed by atoms with Crippen LogP contribution < -0.4 is 10.9 Å². The number of aromatic amines is 1. The minimum atomic E-state index is 0.199. The molecule has 1 aromatic heterocycles. The first-order valence-corrected chi connectivity index (χ1v) is 7.07. The molecule has 1 unspecified atom stereocenters. The molecule has 1 saturated heterocycles. The predicted octanol–water partition coefficient (Wildman–Crippen LogP) is 1.41. The highest BCUT2D eigenvalue weighted by Gasteiger charge is 2.28. The van der Waals surface area contributed by atoms with Gasteiger partial charge in [0.15, 0.2) is 0 Å². The van der Waals surface area contributed by atoms with Crippen molar-refractivity contribution in [2.45, 2.75) is 38.4 Å². The van der Waals surface area contributed by atoms with Crippen LogP contribution >= 0.6 is 11.8 Å². The Balaban J connectivity index is 1.97. The van der Waals surface area contributed by atoms with Crippen molar-refractivity contribution in [2.75, 3.05) is 11.5 Å². The fourth-order valence-corrected chi connectivity index (χ4v) is 3.74. The molecule has 0 bridgehead atoms. The number of nitrogens with zero attached hydrogens (tertiary/aromatic N) is 1. The molecule has 2 aliphatic heterocycles. The molecule has 0 amide bonds. The lowest BCUT2D eigenvalue weighted by molar-refractivity contribution is 0.408. The molecule has 0 saturated carbocycles. The summed E-state index contributed by atoms with van der Waals surface area (Å²) in [7, 11) is 0. The van der Waals surface area contributed by atoms with Crippen molar-refractivity contribution in [3.05, 3.63) is 21.6 Å². The van der Waals surface area contributed by atoms with Crippen molar-refractivity contribution in [1.29, 1.82) is 0 Å². The zero-order chi connectivity index (χ0) is 11.1. The Morgan fingerprint density at radius 3 is 2.81 bits per heavy atom. The summed E-state index contributed by atoms with van der Waals surface area (Å²) in [5.74, 6) is 2.35. The molecule has 2 N–H and O–H groups in total. The van der Waals surface area contributed by atoms with E-state index in [0.717, 1.165) is 30.6 Å². The van der Waals surface area contributed by atoms with E-state index in [0.29, 0.717) is 6.04 Å². The van der Waals surface area contributed by atoms with Gasteiger partial charge in [0, 0.05) is 12.6 Å². The molecule has 1 fully saturated rings. The monoisotopic (exact) mass is 239 g/mol. The van der Waals surface area contributed by atoms with Crippen LogP contribution in [0.3, 0.4) is 0 Å². The smallest absolute Gasteiger partial charge is 0.271 e. The summed E-state index contributed by atoms with van der Waals surface area (Å²) in [5, 5.41) is 6.58. The van der Waals surface area contributed by atoms with Crippen molar-refractivity contribution in [3.63, 3.8) is 0 Å². The van der Waals surface area contributed by atoms with Gasteiger partial charge < -0.3 is 5.32 Å². The third-order valence-electron chi connectivity index (χ3n) is 3.60.